The molecule has 1 unspecified atom stereocenters. The molecule has 5 rings (SSSR count). The maximum atomic E-state index is 13.2. The Labute approximate surface area is 192 Å². The lowest BCUT2D eigenvalue weighted by Crippen LogP contribution is -2.49. The van der Waals surface area contributed by atoms with Crippen LogP contribution in [0.5, 0.6) is 5.75 Å². The Kier molecular flexibility index (Phi) is 6.10. The van der Waals surface area contributed by atoms with Gasteiger partial charge in [-0.25, -0.2) is 4.98 Å². The van der Waals surface area contributed by atoms with Crippen molar-refractivity contribution in [1.82, 2.24) is 24.9 Å². The van der Waals surface area contributed by atoms with Crippen molar-refractivity contribution in [3.05, 3.63) is 41.9 Å². The van der Waals surface area contributed by atoms with E-state index in [0.717, 1.165) is 56.2 Å². The number of fused-ring (bicyclic) bond motifs is 1. The normalized spacial score (nSPS) is 21.2. The number of rotatable bonds is 5. The predicted molar refractivity (Wildman–Crippen MR) is 124 cm³/mol. The third-order valence-electron chi connectivity index (χ3n) is 5.92. The third-order valence-corrected chi connectivity index (χ3v) is 5.92. The molecule has 1 amide bonds. The fourth-order valence-electron chi connectivity index (χ4n) is 4.28. The van der Waals surface area contributed by atoms with Crippen molar-refractivity contribution in [3.63, 3.8) is 0 Å². The van der Waals surface area contributed by atoms with Crippen molar-refractivity contribution in [3.8, 4) is 5.75 Å². The zero-order valence-electron chi connectivity index (χ0n) is 19.0. The molecule has 0 radical (unpaired) electrons. The molecule has 0 spiro atoms. The van der Waals surface area contributed by atoms with Crippen LogP contribution in [0.1, 0.15) is 35.8 Å². The maximum absolute atomic E-state index is 13.2. The quantitative estimate of drug-likeness (QED) is 0.607. The fourth-order valence-corrected chi connectivity index (χ4v) is 4.28. The molecular weight excluding hydrogens is 422 g/mol. The number of nitrogens with one attached hydrogen (secondary N) is 2. The Morgan fingerprint density at radius 2 is 2.21 bits per heavy atom. The average Bonchev–Trinajstić information content (AvgIpc) is 3.18. The SMILES string of the molecule is Cc1cn2cc(C(=O)Nc3ccc(N4CCN[C@@H](C)C4)nn3)c(OC3CCCOC3)cc2n1. The number of pyridine rings is 1. The smallest absolute Gasteiger partial charge is 0.262 e. The van der Waals surface area contributed by atoms with Crippen LogP contribution in [-0.4, -0.2) is 70.5 Å². The van der Waals surface area contributed by atoms with Gasteiger partial charge in [-0.2, -0.15) is 0 Å². The summed E-state index contributed by atoms with van der Waals surface area (Å²) in [7, 11) is 0. The lowest BCUT2D eigenvalue weighted by molar-refractivity contribution is 0.00713. The minimum Gasteiger partial charge on any atom is -0.487 e. The zero-order chi connectivity index (χ0) is 22.8. The third kappa shape index (κ3) is 4.91. The Balaban J connectivity index is 1.36. The number of aryl methyl sites for hydroxylation is 1. The second-order valence-corrected chi connectivity index (χ2v) is 8.69. The monoisotopic (exact) mass is 451 g/mol. The molecule has 2 N–H and O–H groups in total. The molecule has 2 aliphatic rings. The summed E-state index contributed by atoms with van der Waals surface area (Å²) in [5, 5.41) is 14.8. The van der Waals surface area contributed by atoms with Gasteiger partial charge in [0.05, 0.1) is 17.9 Å². The summed E-state index contributed by atoms with van der Waals surface area (Å²) in [5.74, 6) is 1.37. The molecule has 5 heterocycles. The lowest BCUT2D eigenvalue weighted by Gasteiger charge is -2.32. The molecule has 2 aliphatic heterocycles. The van der Waals surface area contributed by atoms with Crippen LogP contribution in [0.4, 0.5) is 11.6 Å². The van der Waals surface area contributed by atoms with E-state index in [9.17, 15) is 4.79 Å². The van der Waals surface area contributed by atoms with E-state index in [0.29, 0.717) is 29.8 Å². The van der Waals surface area contributed by atoms with Gasteiger partial charge in [-0.1, -0.05) is 0 Å². The van der Waals surface area contributed by atoms with E-state index >= 15 is 0 Å². The molecule has 10 nitrogen and oxygen atoms in total. The number of carbonyl (C=O) groups is 1. The highest BCUT2D eigenvalue weighted by molar-refractivity contribution is 6.05. The Hall–Kier alpha value is -3.24. The molecule has 0 aliphatic carbocycles. The number of piperazine rings is 1. The predicted octanol–water partition coefficient (Wildman–Crippen LogP) is 2.04. The van der Waals surface area contributed by atoms with Crippen LogP contribution in [0.15, 0.2) is 30.6 Å². The van der Waals surface area contributed by atoms with Crippen LogP contribution in [0.25, 0.3) is 5.65 Å². The highest BCUT2D eigenvalue weighted by Gasteiger charge is 2.22. The van der Waals surface area contributed by atoms with E-state index in [2.05, 4.69) is 37.6 Å². The Morgan fingerprint density at radius 3 is 2.97 bits per heavy atom. The van der Waals surface area contributed by atoms with Crippen LogP contribution in [0.2, 0.25) is 0 Å². The van der Waals surface area contributed by atoms with E-state index in [-0.39, 0.29) is 12.0 Å². The average molecular weight is 452 g/mol. The first-order valence-electron chi connectivity index (χ1n) is 11.4. The van der Waals surface area contributed by atoms with E-state index in [4.69, 9.17) is 9.47 Å². The van der Waals surface area contributed by atoms with Crippen LogP contribution < -0.4 is 20.3 Å². The zero-order valence-corrected chi connectivity index (χ0v) is 19.0. The maximum Gasteiger partial charge on any atom is 0.262 e. The summed E-state index contributed by atoms with van der Waals surface area (Å²) >= 11 is 0. The molecule has 2 fully saturated rings. The second-order valence-electron chi connectivity index (χ2n) is 8.69. The van der Waals surface area contributed by atoms with Gasteiger partial charge in [0.25, 0.3) is 5.91 Å². The van der Waals surface area contributed by atoms with Crippen LogP contribution in [0.3, 0.4) is 0 Å². The first-order valence-corrected chi connectivity index (χ1v) is 11.4. The largest absolute Gasteiger partial charge is 0.487 e. The summed E-state index contributed by atoms with van der Waals surface area (Å²) in [5.41, 5.74) is 2.00. The second kappa shape index (κ2) is 9.32. The van der Waals surface area contributed by atoms with Gasteiger partial charge in [-0.15, -0.1) is 10.2 Å². The number of nitrogens with zero attached hydrogens (tertiary/aromatic N) is 5. The minimum absolute atomic E-state index is 0.0932. The first-order chi connectivity index (χ1) is 16.0. The molecule has 0 aromatic carbocycles. The number of amides is 1. The number of carbonyl (C=O) groups excluding carboxylic acids is 1. The molecule has 3 aromatic heterocycles. The number of hydrogen-bond donors (Lipinski definition) is 2. The van der Waals surface area contributed by atoms with E-state index in [1.807, 2.05) is 23.6 Å². The van der Waals surface area contributed by atoms with Gasteiger partial charge in [-0.05, 0) is 38.8 Å². The Morgan fingerprint density at radius 1 is 1.30 bits per heavy atom. The van der Waals surface area contributed by atoms with Gasteiger partial charge in [0.1, 0.15) is 17.5 Å². The summed E-state index contributed by atoms with van der Waals surface area (Å²) in [6.07, 6.45) is 5.35. The van der Waals surface area contributed by atoms with Gasteiger partial charge in [0.2, 0.25) is 0 Å². The van der Waals surface area contributed by atoms with Crippen molar-refractivity contribution in [2.75, 3.05) is 43.1 Å². The van der Waals surface area contributed by atoms with E-state index < -0.39 is 0 Å². The van der Waals surface area contributed by atoms with Crippen molar-refractivity contribution in [1.29, 1.82) is 0 Å². The number of anilines is 2. The molecule has 2 saturated heterocycles. The standard InChI is InChI=1S/C23H29N7O3/c1-15-11-29(8-7-24-15)21-6-5-20(27-28-21)26-23(31)18-13-30-12-16(2)25-22(30)10-19(18)33-17-4-3-9-32-14-17/h5-6,10,12-13,15,17,24H,3-4,7-9,11,14H2,1-2H3,(H,26,27,31)/t15-,17?/m0/s1. The highest BCUT2D eigenvalue weighted by Crippen LogP contribution is 2.26. The summed E-state index contributed by atoms with van der Waals surface area (Å²) < 4.78 is 13.5. The molecule has 0 bridgehead atoms. The van der Waals surface area contributed by atoms with Gasteiger partial charge in [0.15, 0.2) is 11.6 Å². The van der Waals surface area contributed by atoms with E-state index in [1.165, 1.54) is 0 Å². The van der Waals surface area contributed by atoms with Gasteiger partial charge in [0, 0.05) is 50.7 Å². The number of aromatic nitrogens is 4. The molecule has 174 valence electrons. The van der Waals surface area contributed by atoms with Crippen molar-refractivity contribution < 1.29 is 14.3 Å². The summed E-state index contributed by atoms with van der Waals surface area (Å²) in [6, 6.07) is 5.87. The molecule has 33 heavy (non-hydrogen) atoms. The number of imidazole rings is 1. The summed E-state index contributed by atoms with van der Waals surface area (Å²) in [4.78, 5) is 19.9. The fraction of sp³-hybridized carbons (Fsp3) is 0.478. The molecule has 10 heteroatoms. The van der Waals surface area contributed by atoms with Gasteiger partial charge >= 0.3 is 0 Å². The molecular formula is C23H29N7O3. The first kappa shape index (κ1) is 21.6. The van der Waals surface area contributed by atoms with Crippen molar-refractivity contribution >= 4 is 23.2 Å². The lowest BCUT2D eigenvalue weighted by atomic mass is 10.1. The highest BCUT2D eigenvalue weighted by atomic mass is 16.5. The van der Waals surface area contributed by atoms with Crippen molar-refractivity contribution in [2.24, 2.45) is 0 Å². The van der Waals surface area contributed by atoms with Crippen LogP contribution >= 0.6 is 0 Å². The number of ether oxygens (including phenoxy) is 2. The van der Waals surface area contributed by atoms with Crippen LogP contribution in [0, 0.1) is 6.92 Å². The molecule has 2 atom stereocenters. The topological polar surface area (TPSA) is 106 Å². The van der Waals surface area contributed by atoms with Gasteiger partial charge in [-0.3, -0.25) is 4.79 Å². The van der Waals surface area contributed by atoms with E-state index in [1.54, 1.807) is 18.3 Å². The Bertz CT molecular complexity index is 1130. The summed E-state index contributed by atoms with van der Waals surface area (Å²) in [6.45, 7) is 7.97. The molecule has 0 saturated carbocycles. The minimum atomic E-state index is -0.312. The van der Waals surface area contributed by atoms with Gasteiger partial charge < -0.3 is 29.4 Å². The van der Waals surface area contributed by atoms with Crippen molar-refractivity contribution in [2.45, 2.75) is 38.8 Å². The molecule has 3 aromatic rings. The van der Waals surface area contributed by atoms with Crippen LogP contribution in [-0.2, 0) is 4.74 Å². The number of hydrogen-bond acceptors (Lipinski definition) is 8.